The molecule has 2 aromatic rings. The fraction of sp³-hybridized carbons (Fsp3) is 0.316. The Labute approximate surface area is 164 Å². The predicted octanol–water partition coefficient (Wildman–Crippen LogP) is 3.15. The van der Waals surface area contributed by atoms with Gasteiger partial charge in [0.1, 0.15) is 0 Å². The minimum Gasteiger partial charge on any atom is -0.357 e. The van der Waals surface area contributed by atoms with E-state index < -0.39 is 9.84 Å². The van der Waals surface area contributed by atoms with Crippen LogP contribution in [0.5, 0.6) is 0 Å². The van der Waals surface area contributed by atoms with E-state index in [0.717, 1.165) is 34.5 Å². The summed E-state index contributed by atoms with van der Waals surface area (Å²) in [5.41, 5.74) is 2.22. The standard InChI is InChI=1S/C19H24BrN3O2S/c1-3-21-19(23-14-16-4-8-17(20)9-5-16)22-13-12-15-6-10-18(11-7-15)26(2,24)25/h4-11H,3,12-14H2,1-2H3,(H2,21,22,23). The van der Waals surface area contributed by atoms with Gasteiger partial charge in [0.15, 0.2) is 15.8 Å². The molecule has 26 heavy (non-hydrogen) atoms. The molecule has 0 heterocycles. The van der Waals surface area contributed by atoms with Gasteiger partial charge in [-0.1, -0.05) is 40.2 Å². The lowest BCUT2D eigenvalue weighted by atomic mass is 10.1. The summed E-state index contributed by atoms with van der Waals surface area (Å²) < 4.78 is 24.0. The van der Waals surface area contributed by atoms with Crippen molar-refractivity contribution in [2.45, 2.75) is 24.8 Å². The van der Waals surface area contributed by atoms with Crippen molar-refractivity contribution < 1.29 is 8.42 Å². The van der Waals surface area contributed by atoms with Crippen molar-refractivity contribution in [3.05, 3.63) is 64.1 Å². The maximum atomic E-state index is 11.5. The number of rotatable bonds is 7. The van der Waals surface area contributed by atoms with Crippen LogP contribution in [0.25, 0.3) is 0 Å². The van der Waals surface area contributed by atoms with Gasteiger partial charge in [0.2, 0.25) is 0 Å². The number of nitrogens with one attached hydrogen (secondary N) is 2. The highest BCUT2D eigenvalue weighted by Gasteiger charge is 2.06. The van der Waals surface area contributed by atoms with Crippen molar-refractivity contribution in [2.24, 2.45) is 4.99 Å². The Kier molecular flexibility index (Phi) is 7.66. The number of hydrogen-bond donors (Lipinski definition) is 2. The van der Waals surface area contributed by atoms with E-state index in [-0.39, 0.29) is 0 Å². The molecule has 0 aliphatic rings. The molecule has 0 amide bonds. The summed E-state index contributed by atoms with van der Waals surface area (Å²) in [6.07, 6.45) is 2.00. The first-order valence-electron chi connectivity index (χ1n) is 8.44. The molecule has 7 heteroatoms. The monoisotopic (exact) mass is 437 g/mol. The van der Waals surface area contributed by atoms with Crippen LogP contribution in [0, 0.1) is 0 Å². The lowest BCUT2D eigenvalue weighted by molar-refractivity contribution is 0.602. The van der Waals surface area contributed by atoms with Gasteiger partial charge in [0.05, 0.1) is 11.4 Å². The van der Waals surface area contributed by atoms with E-state index in [1.807, 2.05) is 43.3 Å². The van der Waals surface area contributed by atoms with Crippen LogP contribution in [-0.2, 0) is 22.8 Å². The van der Waals surface area contributed by atoms with Gasteiger partial charge in [-0.05, 0) is 48.7 Å². The highest BCUT2D eigenvalue weighted by molar-refractivity contribution is 9.10. The fourth-order valence-corrected chi connectivity index (χ4v) is 3.23. The fourth-order valence-electron chi connectivity index (χ4n) is 2.33. The Balaban J connectivity index is 1.89. The minimum atomic E-state index is -3.15. The van der Waals surface area contributed by atoms with Crippen LogP contribution in [0.1, 0.15) is 18.1 Å². The lowest BCUT2D eigenvalue weighted by Crippen LogP contribution is -2.38. The molecule has 2 aromatic carbocycles. The Hall–Kier alpha value is -1.86. The summed E-state index contributed by atoms with van der Waals surface area (Å²) in [6.45, 7) is 4.13. The number of hydrogen-bond acceptors (Lipinski definition) is 3. The van der Waals surface area contributed by atoms with Crippen molar-refractivity contribution in [1.29, 1.82) is 0 Å². The average Bonchev–Trinajstić information content (AvgIpc) is 2.61. The maximum absolute atomic E-state index is 11.5. The zero-order valence-corrected chi connectivity index (χ0v) is 17.4. The van der Waals surface area contributed by atoms with E-state index in [9.17, 15) is 8.42 Å². The largest absolute Gasteiger partial charge is 0.357 e. The van der Waals surface area contributed by atoms with Crippen molar-refractivity contribution in [1.82, 2.24) is 10.6 Å². The molecule has 0 spiro atoms. The molecule has 0 saturated heterocycles. The number of halogens is 1. The summed E-state index contributed by atoms with van der Waals surface area (Å²) in [5, 5.41) is 6.54. The van der Waals surface area contributed by atoms with E-state index in [1.54, 1.807) is 12.1 Å². The number of benzene rings is 2. The highest BCUT2D eigenvalue weighted by Crippen LogP contribution is 2.11. The molecule has 2 rings (SSSR count). The van der Waals surface area contributed by atoms with Gasteiger partial charge in [-0.3, -0.25) is 0 Å². The van der Waals surface area contributed by atoms with Crippen LogP contribution in [0.15, 0.2) is 62.9 Å². The number of nitrogens with zero attached hydrogens (tertiary/aromatic N) is 1. The molecule has 2 N–H and O–H groups in total. The predicted molar refractivity (Wildman–Crippen MR) is 110 cm³/mol. The average molecular weight is 438 g/mol. The first-order chi connectivity index (χ1) is 12.4. The number of aliphatic imine (C=N–C) groups is 1. The van der Waals surface area contributed by atoms with Gasteiger partial charge >= 0.3 is 0 Å². The van der Waals surface area contributed by atoms with E-state index in [0.29, 0.717) is 18.0 Å². The van der Waals surface area contributed by atoms with Crippen molar-refractivity contribution in [3.63, 3.8) is 0 Å². The summed E-state index contributed by atoms with van der Waals surface area (Å²) >= 11 is 3.43. The smallest absolute Gasteiger partial charge is 0.191 e. The Morgan fingerprint density at radius 2 is 1.62 bits per heavy atom. The number of guanidine groups is 1. The summed E-state index contributed by atoms with van der Waals surface area (Å²) in [7, 11) is -3.15. The molecule has 0 aromatic heterocycles. The van der Waals surface area contributed by atoms with Crippen LogP contribution >= 0.6 is 15.9 Å². The molecule has 5 nitrogen and oxygen atoms in total. The summed E-state index contributed by atoms with van der Waals surface area (Å²) in [5.74, 6) is 0.767. The van der Waals surface area contributed by atoms with Crippen LogP contribution < -0.4 is 10.6 Å². The van der Waals surface area contributed by atoms with E-state index in [2.05, 4.69) is 31.6 Å². The van der Waals surface area contributed by atoms with E-state index in [4.69, 9.17) is 0 Å². The minimum absolute atomic E-state index is 0.346. The third kappa shape index (κ3) is 6.80. The van der Waals surface area contributed by atoms with E-state index >= 15 is 0 Å². The second-order valence-electron chi connectivity index (χ2n) is 5.91. The molecule has 140 valence electrons. The van der Waals surface area contributed by atoms with Crippen LogP contribution in [0.3, 0.4) is 0 Å². The van der Waals surface area contributed by atoms with Gasteiger partial charge in [-0.2, -0.15) is 0 Å². The molecular formula is C19H24BrN3O2S. The molecule has 0 radical (unpaired) electrons. The second kappa shape index (κ2) is 9.73. The van der Waals surface area contributed by atoms with Gasteiger partial charge < -0.3 is 10.6 Å². The molecule has 0 aliphatic carbocycles. The zero-order valence-electron chi connectivity index (χ0n) is 15.0. The van der Waals surface area contributed by atoms with Crippen molar-refractivity contribution >= 4 is 31.7 Å². The van der Waals surface area contributed by atoms with Gasteiger partial charge in [0.25, 0.3) is 0 Å². The molecule has 0 saturated carbocycles. The second-order valence-corrected chi connectivity index (χ2v) is 8.85. The lowest BCUT2D eigenvalue weighted by Gasteiger charge is -2.11. The Bertz CT molecular complexity index is 832. The Morgan fingerprint density at radius 3 is 2.19 bits per heavy atom. The summed E-state index contributed by atoms with van der Waals surface area (Å²) in [4.78, 5) is 4.94. The molecule has 0 fully saturated rings. The third-order valence-electron chi connectivity index (χ3n) is 3.73. The van der Waals surface area contributed by atoms with Crippen LogP contribution in [-0.4, -0.2) is 33.7 Å². The molecule has 0 aliphatic heterocycles. The zero-order chi connectivity index (χ0) is 19.0. The molecular weight excluding hydrogens is 414 g/mol. The summed E-state index contributed by atoms with van der Waals surface area (Å²) in [6, 6.07) is 15.1. The first-order valence-corrected chi connectivity index (χ1v) is 11.1. The van der Waals surface area contributed by atoms with Gasteiger partial charge in [0, 0.05) is 23.8 Å². The third-order valence-corrected chi connectivity index (χ3v) is 5.39. The van der Waals surface area contributed by atoms with Crippen LogP contribution in [0.2, 0.25) is 0 Å². The van der Waals surface area contributed by atoms with Crippen LogP contribution in [0.4, 0.5) is 0 Å². The quantitative estimate of drug-likeness (QED) is 0.515. The van der Waals surface area contributed by atoms with E-state index in [1.165, 1.54) is 6.26 Å². The van der Waals surface area contributed by atoms with Crippen molar-refractivity contribution in [2.75, 3.05) is 19.3 Å². The highest BCUT2D eigenvalue weighted by atomic mass is 79.9. The van der Waals surface area contributed by atoms with Crippen molar-refractivity contribution in [3.8, 4) is 0 Å². The number of sulfone groups is 1. The first kappa shape index (κ1) is 20.5. The molecule has 0 unspecified atom stereocenters. The Morgan fingerprint density at radius 1 is 1.00 bits per heavy atom. The normalized spacial score (nSPS) is 12.0. The maximum Gasteiger partial charge on any atom is 0.191 e. The topological polar surface area (TPSA) is 70.6 Å². The SMILES string of the molecule is CCNC(=NCc1ccc(Br)cc1)NCCc1ccc(S(C)(=O)=O)cc1. The molecule has 0 bridgehead atoms. The molecule has 0 atom stereocenters. The van der Waals surface area contributed by atoms with Gasteiger partial charge in [-0.15, -0.1) is 0 Å². The van der Waals surface area contributed by atoms with Gasteiger partial charge in [-0.25, -0.2) is 13.4 Å².